The summed E-state index contributed by atoms with van der Waals surface area (Å²) in [5.74, 6) is 0.961. The van der Waals surface area contributed by atoms with Crippen molar-refractivity contribution in [2.24, 2.45) is 0 Å². The average Bonchev–Trinajstić information content (AvgIpc) is 2.87. The zero-order chi connectivity index (χ0) is 11.5. The topological polar surface area (TPSA) is 39.1 Å². The third-order valence-corrected chi connectivity index (χ3v) is 3.13. The molecule has 1 fully saturated rings. The molecule has 0 radical (unpaired) electrons. The number of hydrogen-bond donors (Lipinski definition) is 1. The van der Waals surface area contributed by atoms with Gasteiger partial charge in [0.05, 0.1) is 17.8 Å². The molecule has 4 nitrogen and oxygen atoms in total. The van der Waals surface area contributed by atoms with Gasteiger partial charge >= 0.3 is 0 Å². The Bertz CT molecular complexity index is 342. The molecule has 0 bridgehead atoms. The third kappa shape index (κ3) is 2.21. The molecule has 0 saturated carbocycles. The lowest BCUT2D eigenvalue weighted by atomic mass is 10.1. The fourth-order valence-electron chi connectivity index (χ4n) is 2.28. The highest BCUT2D eigenvalue weighted by Gasteiger charge is 2.25. The Labute approximate surface area is 97.0 Å². The molecule has 0 aromatic carbocycles. The van der Waals surface area contributed by atoms with Crippen molar-refractivity contribution in [1.82, 2.24) is 9.55 Å². The van der Waals surface area contributed by atoms with E-state index in [-0.39, 0.29) is 0 Å². The van der Waals surface area contributed by atoms with Gasteiger partial charge in [0.2, 0.25) is 5.95 Å². The molecule has 2 atom stereocenters. The molecule has 16 heavy (non-hydrogen) atoms. The maximum Gasteiger partial charge on any atom is 0.203 e. The lowest BCUT2D eigenvalue weighted by Gasteiger charge is -2.22. The van der Waals surface area contributed by atoms with Gasteiger partial charge in [-0.05, 0) is 33.6 Å². The van der Waals surface area contributed by atoms with Crippen LogP contribution >= 0.6 is 0 Å². The molecule has 2 unspecified atom stereocenters. The van der Waals surface area contributed by atoms with E-state index in [1.54, 1.807) is 0 Å². The number of hydrogen-bond acceptors (Lipinski definition) is 3. The first-order valence-electron chi connectivity index (χ1n) is 6.13. The first-order chi connectivity index (χ1) is 7.72. The minimum absolute atomic E-state index is 0.339. The predicted octanol–water partition coefficient (Wildman–Crippen LogP) is 2.36. The molecular formula is C12H21N3O. The van der Waals surface area contributed by atoms with Gasteiger partial charge in [0, 0.05) is 19.3 Å². The maximum absolute atomic E-state index is 5.74. The Morgan fingerprint density at radius 3 is 3.12 bits per heavy atom. The van der Waals surface area contributed by atoms with Crippen molar-refractivity contribution < 1.29 is 4.74 Å². The van der Waals surface area contributed by atoms with Crippen LogP contribution in [-0.2, 0) is 4.74 Å². The highest BCUT2D eigenvalue weighted by Crippen LogP contribution is 2.26. The number of rotatable bonds is 4. The van der Waals surface area contributed by atoms with Crippen LogP contribution in [0.25, 0.3) is 0 Å². The van der Waals surface area contributed by atoms with Gasteiger partial charge < -0.3 is 14.6 Å². The summed E-state index contributed by atoms with van der Waals surface area (Å²) in [7, 11) is 0. The van der Waals surface area contributed by atoms with Crippen LogP contribution in [0.15, 0.2) is 6.20 Å². The van der Waals surface area contributed by atoms with E-state index in [0.29, 0.717) is 12.1 Å². The summed E-state index contributed by atoms with van der Waals surface area (Å²) in [5.41, 5.74) is 1.06. The largest absolute Gasteiger partial charge is 0.376 e. The Morgan fingerprint density at radius 2 is 2.50 bits per heavy atom. The van der Waals surface area contributed by atoms with Gasteiger partial charge in [0.25, 0.3) is 0 Å². The summed E-state index contributed by atoms with van der Waals surface area (Å²) in [6, 6.07) is 0.359. The molecule has 4 heteroatoms. The highest BCUT2D eigenvalue weighted by atomic mass is 16.5. The summed E-state index contributed by atoms with van der Waals surface area (Å²) < 4.78 is 7.94. The van der Waals surface area contributed by atoms with Crippen molar-refractivity contribution in [3.05, 3.63) is 11.9 Å². The van der Waals surface area contributed by atoms with E-state index in [2.05, 4.69) is 34.9 Å². The molecule has 1 N–H and O–H groups in total. The Hall–Kier alpha value is -1.03. The van der Waals surface area contributed by atoms with Crippen LogP contribution < -0.4 is 5.32 Å². The fraction of sp³-hybridized carbons (Fsp3) is 0.750. The molecule has 2 rings (SSSR count). The smallest absolute Gasteiger partial charge is 0.203 e. The quantitative estimate of drug-likeness (QED) is 0.851. The van der Waals surface area contributed by atoms with E-state index >= 15 is 0 Å². The Morgan fingerprint density at radius 1 is 1.69 bits per heavy atom. The van der Waals surface area contributed by atoms with Crippen molar-refractivity contribution >= 4 is 5.95 Å². The second-order valence-electron chi connectivity index (χ2n) is 4.44. The zero-order valence-corrected chi connectivity index (χ0v) is 10.4. The Kier molecular flexibility index (Phi) is 3.49. The SMILES string of the molecule is CCNc1nc(C)cn1C(C)C1CCCO1. The van der Waals surface area contributed by atoms with Crippen molar-refractivity contribution in [3.8, 4) is 0 Å². The predicted molar refractivity (Wildman–Crippen MR) is 64.8 cm³/mol. The van der Waals surface area contributed by atoms with E-state index < -0.39 is 0 Å². The second-order valence-corrected chi connectivity index (χ2v) is 4.44. The van der Waals surface area contributed by atoms with Gasteiger partial charge in [-0.2, -0.15) is 0 Å². The Balaban J connectivity index is 2.17. The summed E-state index contributed by atoms with van der Waals surface area (Å²) >= 11 is 0. The molecular weight excluding hydrogens is 202 g/mol. The van der Waals surface area contributed by atoms with Gasteiger partial charge in [-0.3, -0.25) is 0 Å². The summed E-state index contributed by atoms with van der Waals surface area (Å²) in [4.78, 5) is 4.49. The van der Waals surface area contributed by atoms with Crippen molar-refractivity contribution in [1.29, 1.82) is 0 Å². The molecule has 0 amide bonds. The van der Waals surface area contributed by atoms with E-state index in [1.165, 1.54) is 6.42 Å². The van der Waals surface area contributed by atoms with Crippen LogP contribution in [-0.4, -0.2) is 28.8 Å². The van der Waals surface area contributed by atoms with Crippen LogP contribution in [0, 0.1) is 6.92 Å². The first kappa shape index (κ1) is 11.5. The van der Waals surface area contributed by atoms with E-state index in [4.69, 9.17) is 4.74 Å². The molecule has 1 aliphatic rings. The van der Waals surface area contributed by atoms with Crippen LogP contribution in [0.1, 0.15) is 38.4 Å². The normalized spacial score (nSPS) is 22.3. The van der Waals surface area contributed by atoms with Gasteiger partial charge in [0.15, 0.2) is 0 Å². The lowest BCUT2D eigenvalue weighted by molar-refractivity contribution is 0.0738. The van der Waals surface area contributed by atoms with E-state index in [0.717, 1.165) is 31.2 Å². The number of anilines is 1. The number of aryl methyl sites for hydroxylation is 1. The van der Waals surface area contributed by atoms with Crippen LogP contribution in [0.5, 0.6) is 0 Å². The monoisotopic (exact) mass is 223 g/mol. The first-order valence-corrected chi connectivity index (χ1v) is 6.13. The van der Waals surface area contributed by atoms with Crippen LogP contribution in [0.3, 0.4) is 0 Å². The van der Waals surface area contributed by atoms with E-state index in [1.807, 2.05) is 6.92 Å². The van der Waals surface area contributed by atoms with Gasteiger partial charge in [-0.15, -0.1) is 0 Å². The zero-order valence-electron chi connectivity index (χ0n) is 10.4. The summed E-state index contributed by atoms with van der Waals surface area (Å²) in [5, 5.41) is 3.30. The number of nitrogens with one attached hydrogen (secondary N) is 1. The molecule has 1 aromatic heterocycles. The van der Waals surface area contributed by atoms with Crippen LogP contribution in [0.4, 0.5) is 5.95 Å². The van der Waals surface area contributed by atoms with Crippen LogP contribution in [0.2, 0.25) is 0 Å². The lowest BCUT2D eigenvalue weighted by Crippen LogP contribution is -2.22. The standard InChI is InChI=1S/C12H21N3O/c1-4-13-12-14-9(2)8-15(12)10(3)11-6-5-7-16-11/h8,10-11H,4-7H2,1-3H3,(H,13,14). The van der Waals surface area contributed by atoms with Gasteiger partial charge in [-0.1, -0.05) is 0 Å². The summed E-state index contributed by atoms with van der Waals surface area (Å²) in [6.07, 6.45) is 4.78. The minimum atomic E-state index is 0.339. The van der Waals surface area contributed by atoms with Crippen molar-refractivity contribution in [3.63, 3.8) is 0 Å². The third-order valence-electron chi connectivity index (χ3n) is 3.13. The minimum Gasteiger partial charge on any atom is -0.376 e. The number of nitrogens with zero attached hydrogens (tertiary/aromatic N) is 2. The maximum atomic E-state index is 5.74. The highest BCUT2D eigenvalue weighted by molar-refractivity contribution is 5.29. The number of ether oxygens (including phenoxy) is 1. The summed E-state index contributed by atoms with van der Waals surface area (Å²) in [6.45, 7) is 8.12. The van der Waals surface area contributed by atoms with Crippen molar-refractivity contribution in [2.75, 3.05) is 18.5 Å². The molecule has 1 aromatic rings. The van der Waals surface area contributed by atoms with Gasteiger partial charge in [0.1, 0.15) is 0 Å². The molecule has 1 saturated heterocycles. The molecule has 90 valence electrons. The number of imidazole rings is 1. The number of aromatic nitrogens is 2. The molecule has 1 aliphatic heterocycles. The molecule has 0 spiro atoms. The average molecular weight is 223 g/mol. The second kappa shape index (κ2) is 4.87. The van der Waals surface area contributed by atoms with E-state index in [9.17, 15) is 0 Å². The fourth-order valence-corrected chi connectivity index (χ4v) is 2.28. The van der Waals surface area contributed by atoms with Crippen molar-refractivity contribution in [2.45, 2.75) is 45.8 Å². The molecule has 2 heterocycles. The van der Waals surface area contributed by atoms with Gasteiger partial charge in [-0.25, -0.2) is 4.98 Å². The molecule has 0 aliphatic carbocycles.